The molecule has 2 amide bonds. The average Bonchev–Trinajstić information content (AvgIpc) is 2.68. The van der Waals surface area contributed by atoms with Gasteiger partial charge in [-0.25, -0.2) is 0 Å². The number of hydrogen-bond acceptors (Lipinski definition) is 6. The molecule has 0 aliphatic carbocycles. The van der Waals surface area contributed by atoms with Crippen molar-refractivity contribution >= 4 is 11.8 Å². The van der Waals surface area contributed by atoms with Crippen LogP contribution in [0.5, 0.6) is 0 Å². The summed E-state index contributed by atoms with van der Waals surface area (Å²) in [5.41, 5.74) is -0.0341. The average molecular weight is 427 g/mol. The number of morpholine rings is 2. The van der Waals surface area contributed by atoms with Crippen LogP contribution in [-0.2, 0) is 19.1 Å². The summed E-state index contributed by atoms with van der Waals surface area (Å²) in [4.78, 5) is 29.8. The first-order valence-corrected chi connectivity index (χ1v) is 11.3. The normalized spacial score (nSPS) is 24.1. The van der Waals surface area contributed by atoms with Crippen molar-refractivity contribution in [2.45, 2.75) is 52.6 Å². The van der Waals surface area contributed by atoms with Crippen molar-refractivity contribution in [2.24, 2.45) is 11.8 Å². The first-order chi connectivity index (χ1) is 14.0. The fraction of sp³-hybridized carbons (Fsp3) is 0.909. The highest BCUT2D eigenvalue weighted by Gasteiger charge is 2.32. The number of ether oxygens (including phenoxy) is 2. The second-order valence-electron chi connectivity index (χ2n) is 9.86. The fourth-order valence-electron chi connectivity index (χ4n) is 4.01. The Morgan fingerprint density at radius 3 is 1.50 bits per heavy atom. The molecule has 2 aliphatic heterocycles. The van der Waals surface area contributed by atoms with E-state index < -0.39 is 0 Å². The minimum absolute atomic E-state index is 0.0170. The Morgan fingerprint density at radius 2 is 1.17 bits per heavy atom. The fourth-order valence-corrected chi connectivity index (χ4v) is 4.01. The van der Waals surface area contributed by atoms with E-state index in [1.54, 1.807) is 0 Å². The molecule has 2 saturated heterocycles. The zero-order chi connectivity index (χ0) is 22.4. The van der Waals surface area contributed by atoms with E-state index >= 15 is 0 Å². The molecule has 8 nitrogen and oxygen atoms in total. The summed E-state index contributed by atoms with van der Waals surface area (Å²) < 4.78 is 11.1. The van der Waals surface area contributed by atoms with Crippen LogP contribution in [0.25, 0.3) is 0 Å². The maximum atomic E-state index is 12.5. The lowest BCUT2D eigenvalue weighted by Gasteiger charge is -2.42. The van der Waals surface area contributed by atoms with Crippen LogP contribution in [0.3, 0.4) is 0 Å². The maximum Gasteiger partial charge on any atom is 0.223 e. The van der Waals surface area contributed by atoms with Gasteiger partial charge in [0.05, 0.1) is 26.4 Å². The molecule has 2 N–H and O–H groups in total. The van der Waals surface area contributed by atoms with Gasteiger partial charge in [-0.3, -0.25) is 19.4 Å². The van der Waals surface area contributed by atoms with Gasteiger partial charge in [0.1, 0.15) is 0 Å². The van der Waals surface area contributed by atoms with Gasteiger partial charge in [0, 0.05) is 62.2 Å². The summed E-state index contributed by atoms with van der Waals surface area (Å²) in [5, 5.41) is 6.00. The lowest BCUT2D eigenvalue weighted by Crippen LogP contribution is -2.55. The summed E-state index contributed by atoms with van der Waals surface area (Å²) in [6, 6.07) is 0. The number of rotatable bonds is 9. The Bertz CT molecular complexity index is 531. The zero-order valence-electron chi connectivity index (χ0n) is 19.8. The van der Waals surface area contributed by atoms with Crippen LogP contribution in [0, 0.1) is 11.8 Å². The Labute approximate surface area is 182 Å². The highest BCUT2D eigenvalue weighted by Crippen LogP contribution is 2.19. The molecule has 2 heterocycles. The minimum atomic E-state index is -0.373. The van der Waals surface area contributed by atoms with E-state index in [9.17, 15) is 9.59 Å². The van der Waals surface area contributed by atoms with Gasteiger partial charge in [0.2, 0.25) is 11.8 Å². The van der Waals surface area contributed by atoms with E-state index in [0.29, 0.717) is 26.3 Å². The first-order valence-electron chi connectivity index (χ1n) is 11.3. The second kappa shape index (κ2) is 10.9. The lowest BCUT2D eigenvalue weighted by atomic mass is 9.94. The standard InChI is InChI=1S/C22H42N4O4/c1-17(19(27)23-7-9-25-11-13-29-15-21(25,3)4)18(2)20(28)24-8-10-26-12-14-30-16-22(26,5)6/h17-18H,7-16H2,1-6H3,(H,23,27)(H,24,28). The molecule has 8 heteroatoms. The van der Waals surface area contributed by atoms with E-state index in [1.165, 1.54) is 0 Å². The van der Waals surface area contributed by atoms with E-state index in [4.69, 9.17) is 9.47 Å². The molecule has 2 atom stereocenters. The lowest BCUT2D eigenvalue weighted by molar-refractivity contribution is -0.134. The summed E-state index contributed by atoms with van der Waals surface area (Å²) in [6.07, 6.45) is 0. The van der Waals surface area contributed by atoms with Crippen LogP contribution >= 0.6 is 0 Å². The molecule has 0 aromatic carbocycles. The molecular formula is C22H42N4O4. The predicted octanol–water partition coefficient (Wildman–Crippen LogP) is 0.713. The van der Waals surface area contributed by atoms with Crippen molar-refractivity contribution in [2.75, 3.05) is 65.7 Å². The third kappa shape index (κ3) is 6.90. The molecule has 0 spiro atoms. The Hall–Kier alpha value is -1.22. The van der Waals surface area contributed by atoms with Crippen molar-refractivity contribution < 1.29 is 19.1 Å². The molecule has 0 aromatic heterocycles. The zero-order valence-corrected chi connectivity index (χ0v) is 19.8. The van der Waals surface area contributed by atoms with Gasteiger partial charge in [0.25, 0.3) is 0 Å². The smallest absolute Gasteiger partial charge is 0.223 e. The van der Waals surface area contributed by atoms with Crippen LogP contribution in [0.1, 0.15) is 41.5 Å². The van der Waals surface area contributed by atoms with Gasteiger partial charge >= 0.3 is 0 Å². The summed E-state index contributed by atoms with van der Waals surface area (Å²) in [6.45, 7) is 19.6. The molecule has 2 fully saturated rings. The predicted molar refractivity (Wildman–Crippen MR) is 117 cm³/mol. The Kier molecular flexibility index (Phi) is 9.09. The molecule has 0 bridgehead atoms. The van der Waals surface area contributed by atoms with Crippen molar-refractivity contribution in [1.29, 1.82) is 0 Å². The third-order valence-electron chi connectivity index (χ3n) is 6.57. The molecule has 174 valence electrons. The van der Waals surface area contributed by atoms with Crippen LogP contribution in [-0.4, -0.2) is 98.4 Å². The summed E-state index contributed by atoms with van der Waals surface area (Å²) >= 11 is 0. The van der Waals surface area contributed by atoms with Gasteiger partial charge in [-0.2, -0.15) is 0 Å². The molecular weight excluding hydrogens is 384 g/mol. The van der Waals surface area contributed by atoms with Crippen LogP contribution in [0.2, 0.25) is 0 Å². The monoisotopic (exact) mass is 426 g/mol. The molecule has 2 aliphatic rings. The Morgan fingerprint density at radius 1 is 0.800 bits per heavy atom. The van der Waals surface area contributed by atoms with Crippen molar-refractivity contribution in [3.8, 4) is 0 Å². The van der Waals surface area contributed by atoms with E-state index in [0.717, 1.165) is 39.4 Å². The molecule has 2 rings (SSSR count). The van der Waals surface area contributed by atoms with E-state index in [1.807, 2.05) is 13.8 Å². The van der Waals surface area contributed by atoms with Crippen LogP contribution in [0.15, 0.2) is 0 Å². The number of carbonyl (C=O) groups excluding carboxylic acids is 2. The molecule has 0 saturated carbocycles. The maximum absolute atomic E-state index is 12.5. The van der Waals surface area contributed by atoms with E-state index in [-0.39, 0.29) is 34.7 Å². The molecule has 0 aromatic rings. The van der Waals surface area contributed by atoms with Gasteiger partial charge in [-0.05, 0) is 27.7 Å². The number of carbonyl (C=O) groups is 2. The highest BCUT2D eigenvalue weighted by atomic mass is 16.5. The number of amides is 2. The highest BCUT2D eigenvalue weighted by molar-refractivity contribution is 5.87. The molecule has 2 unspecified atom stereocenters. The van der Waals surface area contributed by atoms with Gasteiger partial charge in [-0.15, -0.1) is 0 Å². The molecule has 30 heavy (non-hydrogen) atoms. The largest absolute Gasteiger partial charge is 0.378 e. The number of hydrogen-bond donors (Lipinski definition) is 2. The quantitative estimate of drug-likeness (QED) is 0.565. The Balaban J connectivity index is 1.69. The van der Waals surface area contributed by atoms with Gasteiger partial charge in [0.15, 0.2) is 0 Å². The van der Waals surface area contributed by atoms with Crippen LogP contribution in [0.4, 0.5) is 0 Å². The second-order valence-corrected chi connectivity index (χ2v) is 9.86. The van der Waals surface area contributed by atoms with Gasteiger partial charge in [-0.1, -0.05) is 13.8 Å². The van der Waals surface area contributed by atoms with Crippen molar-refractivity contribution in [3.05, 3.63) is 0 Å². The van der Waals surface area contributed by atoms with Crippen LogP contribution < -0.4 is 10.6 Å². The van der Waals surface area contributed by atoms with Gasteiger partial charge < -0.3 is 20.1 Å². The van der Waals surface area contributed by atoms with Crippen molar-refractivity contribution in [3.63, 3.8) is 0 Å². The minimum Gasteiger partial charge on any atom is -0.378 e. The summed E-state index contributed by atoms with van der Waals surface area (Å²) in [7, 11) is 0. The molecule has 0 radical (unpaired) electrons. The first kappa shape index (κ1) is 25.0. The SMILES string of the molecule is CC(C(=O)NCCN1CCOCC1(C)C)C(C)C(=O)NCCN1CCOCC1(C)C. The topological polar surface area (TPSA) is 83.1 Å². The number of nitrogens with one attached hydrogen (secondary N) is 2. The van der Waals surface area contributed by atoms with Crippen molar-refractivity contribution in [1.82, 2.24) is 20.4 Å². The third-order valence-corrected chi connectivity index (χ3v) is 6.57. The van der Waals surface area contributed by atoms with E-state index in [2.05, 4.69) is 48.1 Å². The number of nitrogens with zero attached hydrogens (tertiary/aromatic N) is 2. The summed E-state index contributed by atoms with van der Waals surface area (Å²) in [5.74, 6) is -0.888.